The van der Waals surface area contributed by atoms with Gasteiger partial charge in [0.15, 0.2) is 11.5 Å². The van der Waals surface area contributed by atoms with Crippen LogP contribution in [0.1, 0.15) is 0 Å². The van der Waals surface area contributed by atoms with Crippen LogP contribution in [0.4, 0.5) is 17.1 Å². The van der Waals surface area contributed by atoms with E-state index >= 15 is 0 Å². The van der Waals surface area contributed by atoms with Gasteiger partial charge in [-0.05, 0) is 12.1 Å². The molecular weight excluding hydrogens is 314 g/mol. The maximum absolute atomic E-state index is 11.1. The third-order valence-corrected chi connectivity index (χ3v) is 2.72. The first kappa shape index (κ1) is 15.6. The Morgan fingerprint density at radius 3 is 1.83 bits per heavy atom. The average Bonchev–Trinajstić information content (AvgIpc) is 2.48. The number of ether oxygens (including phenoxy) is 1. The van der Waals surface area contributed by atoms with Crippen molar-refractivity contribution >= 4 is 17.1 Å². The van der Waals surface area contributed by atoms with Crippen LogP contribution in [-0.2, 0) is 0 Å². The molecule has 11 nitrogen and oxygen atoms in total. The lowest BCUT2D eigenvalue weighted by Crippen LogP contribution is -2.01. The molecule has 0 radical (unpaired) electrons. The number of nitro groups is 3. The summed E-state index contributed by atoms with van der Waals surface area (Å²) in [5.41, 5.74) is -2.75. The molecule has 0 aromatic heterocycles. The number of para-hydroxylation sites is 2. The van der Waals surface area contributed by atoms with Crippen LogP contribution in [0.3, 0.4) is 0 Å². The van der Waals surface area contributed by atoms with E-state index in [1.165, 1.54) is 24.3 Å². The van der Waals surface area contributed by atoms with E-state index in [9.17, 15) is 35.4 Å². The zero-order chi connectivity index (χ0) is 17.1. The van der Waals surface area contributed by atoms with E-state index in [4.69, 9.17) is 4.74 Å². The third-order valence-electron chi connectivity index (χ3n) is 2.72. The SMILES string of the molecule is O=[N+]([O-])c1cc([N+](=O)[O-])c(Oc2ccccc2O)c([N+](=O)[O-])c1. The minimum Gasteiger partial charge on any atom is -0.504 e. The van der Waals surface area contributed by atoms with Crippen molar-refractivity contribution in [3.05, 3.63) is 66.7 Å². The van der Waals surface area contributed by atoms with Crippen molar-refractivity contribution < 1.29 is 24.6 Å². The Morgan fingerprint density at radius 2 is 1.39 bits per heavy atom. The monoisotopic (exact) mass is 321 g/mol. The molecule has 0 unspecified atom stereocenters. The fourth-order valence-electron chi connectivity index (χ4n) is 1.72. The van der Waals surface area contributed by atoms with Crippen molar-refractivity contribution in [2.24, 2.45) is 0 Å². The molecule has 2 aromatic rings. The molecule has 23 heavy (non-hydrogen) atoms. The van der Waals surface area contributed by atoms with Gasteiger partial charge in [0.2, 0.25) is 0 Å². The maximum Gasteiger partial charge on any atom is 0.325 e. The van der Waals surface area contributed by atoms with Crippen LogP contribution in [0.25, 0.3) is 0 Å². The summed E-state index contributed by atoms with van der Waals surface area (Å²) in [4.78, 5) is 29.8. The van der Waals surface area contributed by atoms with Gasteiger partial charge in [0.1, 0.15) is 0 Å². The standard InChI is InChI=1S/C12H7N3O8/c16-10-3-1-2-4-11(10)23-12-8(14(19)20)5-7(13(17)18)6-9(12)15(21)22/h1-6,16H. The lowest BCUT2D eigenvalue weighted by atomic mass is 10.2. The van der Waals surface area contributed by atoms with Gasteiger partial charge >= 0.3 is 11.4 Å². The predicted octanol–water partition coefficient (Wildman–Crippen LogP) is 2.91. The van der Waals surface area contributed by atoms with Crippen molar-refractivity contribution in [3.63, 3.8) is 0 Å². The van der Waals surface area contributed by atoms with Crippen LogP contribution in [-0.4, -0.2) is 19.9 Å². The summed E-state index contributed by atoms with van der Waals surface area (Å²) < 4.78 is 5.07. The van der Waals surface area contributed by atoms with Crippen molar-refractivity contribution in [2.75, 3.05) is 0 Å². The second-order valence-corrected chi connectivity index (χ2v) is 4.15. The van der Waals surface area contributed by atoms with E-state index in [-0.39, 0.29) is 5.75 Å². The smallest absolute Gasteiger partial charge is 0.325 e. The summed E-state index contributed by atoms with van der Waals surface area (Å²) in [5.74, 6) is -1.49. The Balaban J connectivity index is 2.69. The Morgan fingerprint density at radius 1 is 0.870 bits per heavy atom. The maximum atomic E-state index is 11.1. The van der Waals surface area contributed by atoms with Crippen LogP contribution in [0.5, 0.6) is 17.2 Å². The topological polar surface area (TPSA) is 159 Å². The van der Waals surface area contributed by atoms with Gasteiger partial charge in [0.05, 0.1) is 26.9 Å². The van der Waals surface area contributed by atoms with Crippen LogP contribution in [0.2, 0.25) is 0 Å². The highest BCUT2D eigenvalue weighted by atomic mass is 16.6. The number of hydrogen-bond acceptors (Lipinski definition) is 8. The summed E-state index contributed by atoms with van der Waals surface area (Å²) in [6.45, 7) is 0. The molecule has 0 amide bonds. The summed E-state index contributed by atoms with van der Waals surface area (Å²) in [6, 6.07) is 6.40. The van der Waals surface area contributed by atoms with Crippen molar-refractivity contribution in [3.8, 4) is 17.2 Å². The Labute approximate surface area is 126 Å². The molecule has 2 rings (SSSR count). The first-order valence-corrected chi connectivity index (χ1v) is 5.88. The van der Waals surface area contributed by atoms with Gasteiger partial charge in [-0.25, -0.2) is 0 Å². The molecule has 0 saturated carbocycles. The first-order chi connectivity index (χ1) is 10.8. The molecule has 0 heterocycles. The van der Waals surface area contributed by atoms with Crippen LogP contribution >= 0.6 is 0 Å². The minimum absolute atomic E-state index is 0.271. The molecule has 0 fully saturated rings. The highest BCUT2D eigenvalue weighted by Crippen LogP contribution is 2.44. The van der Waals surface area contributed by atoms with Crippen LogP contribution in [0, 0.1) is 30.3 Å². The lowest BCUT2D eigenvalue weighted by Gasteiger charge is -2.08. The number of nitrogens with zero attached hydrogens (tertiary/aromatic N) is 3. The van der Waals surface area contributed by atoms with E-state index in [1.54, 1.807) is 0 Å². The van der Waals surface area contributed by atoms with Crippen molar-refractivity contribution in [1.29, 1.82) is 0 Å². The number of nitro benzene ring substituents is 3. The highest BCUT2D eigenvalue weighted by molar-refractivity contribution is 5.67. The summed E-state index contributed by atoms with van der Waals surface area (Å²) in [7, 11) is 0. The number of non-ortho nitro benzene ring substituents is 1. The molecule has 1 N–H and O–H groups in total. The average molecular weight is 321 g/mol. The number of aromatic hydroxyl groups is 1. The van der Waals surface area contributed by atoms with Gasteiger partial charge < -0.3 is 9.84 Å². The van der Waals surface area contributed by atoms with Gasteiger partial charge in [0, 0.05) is 0 Å². The molecule has 0 aliphatic heterocycles. The Bertz CT molecular complexity index is 785. The summed E-state index contributed by atoms with van der Waals surface area (Å²) >= 11 is 0. The normalized spacial score (nSPS) is 10.1. The minimum atomic E-state index is -1.05. The number of hydrogen-bond donors (Lipinski definition) is 1. The van der Waals surface area contributed by atoms with E-state index in [1.807, 2.05) is 0 Å². The largest absolute Gasteiger partial charge is 0.504 e. The van der Waals surface area contributed by atoms with E-state index < -0.39 is 43.3 Å². The van der Waals surface area contributed by atoms with Gasteiger partial charge in [-0.1, -0.05) is 12.1 Å². The number of phenolic OH excluding ortho intramolecular Hbond substituents is 1. The van der Waals surface area contributed by atoms with E-state index in [0.29, 0.717) is 12.1 Å². The molecule has 0 spiro atoms. The second-order valence-electron chi connectivity index (χ2n) is 4.15. The molecule has 11 heteroatoms. The van der Waals surface area contributed by atoms with Crippen molar-refractivity contribution in [2.45, 2.75) is 0 Å². The second kappa shape index (κ2) is 5.93. The molecule has 0 saturated heterocycles. The number of rotatable bonds is 5. The predicted molar refractivity (Wildman–Crippen MR) is 74.6 cm³/mol. The molecule has 2 aromatic carbocycles. The molecule has 0 aliphatic rings. The molecule has 0 bridgehead atoms. The number of phenols is 1. The highest BCUT2D eigenvalue weighted by Gasteiger charge is 2.33. The fraction of sp³-hybridized carbons (Fsp3) is 0. The first-order valence-electron chi connectivity index (χ1n) is 5.88. The number of benzene rings is 2. The van der Waals surface area contributed by atoms with Gasteiger partial charge in [-0.15, -0.1) is 0 Å². The third kappa shape index (κ3) is 3.12. The fourth-order valence-corrected chi connectivity index (χ4v) is 1.72. The molecular formula is C12H7N3O8. The van der Waals surface area contributed by atoms with Crippen LogP contribution < -0.4 is 4.74 Å². The summed E-state index contributed by atoms with van der Waals surface area (Å²) in [6.07, 6.45) is 0. The lowest BCUT2D eigenvalue weighted by molar-refractivity contribution is -0.404. The molecule has 0 aliphatic carbocycles. The van der Waals surface area contributed by atoms with Crippen LogP contribution in [0.15, 0.2) is 36.4 Å². The Hall–Kier alpha value is -3.76. The molecule has 118 valence electrons. The molecule has 0 atom stereocenters. The van der Waals surface area contributed by atoms with Gasteiger partial charge in [-0.3, -0.25) is 30.3 Å². The Kier molecular flexibility index (Phi) is 4.03. The van der Waals surface area contributed by atoms with E-state index in [0.717, 1.165) is 0 Å². The van der Waals surface area contributed by atoms with Crippen molar-refractivity contribution in [1.82, 2.24) is 0 Å². The summed E-state index contributed by atoms with van der Waals surface area (Å²) in [5, 5.41) is 42.5. The zero-order valence-corrected chi connectivity index (χ0v) is 11.1. The van der Waals surface area contributed by atoms with Gasteiger partial charge in [0.25, 0.3) is 11.4 Å². The quantitative estimate of drug-likeness (QED) is 0.649. The zero-order valence-electron chi connectivity index (χ0n) is 11.1. The van der Waals surface area contributed by atoms with E-state index in [2.05, 4.69) is 0 Å². The van der Waals surface area contributed by atoms with Gasteiger partial charge in [-0.2, -0.15) is 0 Å².